The normalized spacial score (nSPS) is 14.8. The van der Waals surface area contributed by atoms with E-state index in [2.05, 4.69) is 23.5 Å². The molecule has 1 aliphatic heterocycles. The maximum Gasteiger partial charge on any atom is 0.286 e. The molecule has 1 heterocycles. The van der Waals surface area contributed by atoms with Crippen molar-refractivity contribution in [1.82, 2.24) is 5.32 Å². The lowest BCUT2D eigenvalue weighted by Gasteiger charge is -2.15. The summed E-state index contributed by atoms with van der Waals surface area (Å²) < 4.78 is 11.1. The van der Waals surface area contributed by atoms with Gasteiger partial charge >= 0.3 is 0 Å². The zero-order valence-corrected chi connectivity index (χ0v) is 15.5. The topological polar surface area (TPSA) is 77.0 Å². The zero-order chi connectivity index (χ0) is 19.1. The number of hydrogen-bond acceptors (Lipinski definition) is 5. The summed E-state index contributed by atoms with van der Waals surface area (Å²) in [5, 5.41) is 2.80. The van der Waals surface area contributed by atoms with Gasteiger partial charge < -0.3 is 14.8 Å². The molecule has 0 aromatic heterocycles. The van der Waals surface area contributed by atoms with Crippen LogP contribution in [0.15, 0.2) is 47.3 Å². The van der Waals surface area contributed by atoms with Gasteiger partial charge in [-0.3, -0.25) is 9.59 Å². The number of amides is 2. The van der Waals surface area contributed by atoms with Gasteiger partial charge in [-0.2, -0.15) is 4.99 Å². The third-order valence-corrected chi connectivity index (χ3v) is 4.18. The lowest BCUT2D eigenvalue weighted by atomic mass is 10.0. The molecule has 0 spiro atoms. The molecule has 1 aromatic rings. The molecule has 0 radical (unpaired) electrons. The summed E-state index contributed by atoms with van der Waals surface area (Å²) in [4.78, 5) is 27.4. The standard InChI is InChI=1S/C19H20N2O4S/c1-5-7-14-9-13(10-15(24-4)17(14)25-8-6-2)11-16-18(23)21-19(26-16)20-12(3)22/h5-6,9-11H,1-2,7-8H2,3-4H3,(H,20,21,22,23)/b16-11+. The Morgan fingerprint density at radius 2 is 2.12 bits per heavy atom. The maximum absolute atomic E-state index is 12.0. The minimum absolute atomic E-state index is 0.274. The number of nitrogens with one attached hydrogen (secondary N) is 1. The van der Waals surface area contributed by atoms with Crippen molar-refractivity contribution in [1.29, 1.82) is 0 Å². The largest absolute Gasteiger partial charge is 0.493 e. The van der Waals surface area contributed by atoms with E-state index in [1.54, 1.807) is 31.4 Å². The number of rotatable bonds is 7. The summed E-state index contributed by atoms with van der Waals surface area (Å²) in [6.07, 6.45) is 5.70. The molecule has 7 heteroatoms. The van der Waals surface area contributed by atoms with Crippen LogP contribution in [-0.4, -0.2) is 30.7 Å². The Morgan fingerprint density at radius 3 is 2.73 bits per heavy atom. The highest BCUT2D eigenvalue weighted by atomic mass is 32.2. The van der Waals surface area contributed by atoms with Crippen LogP contribution >= 0.6 is 11.8 Å². The van der Waals surface area contributed by atoms with E-state index >= 15 is 0 Å². The summed E-state index contributed by atoms with van der Waals surface area (Å²) in [6.45, 7) is 9.13. The fraction of sp³-hybridized carbons (Fsp3) is 0.211. The summed E-state index contributed by atoms with van der Waals surface area (Å²) in [5.74, 6) is 0.505. The van der Waals surface area contributed by atoms with Crippen molar-refractivity contribution < 1.29 is 19.1 Å². The Morgan fingerprint density at radius 1 is 1.35 bits per heavy atom. The number of ether oxygens (including phenoxy) is 2. The van der Waals surface area contributed by atoms with Crippen LogP contribution in [-0.2, 0) is 16.0 Å². The number of benzene rings is 1. The molecule has 0 saturated carbocycles. The SMILES string of the molecule is C=CCOc1c(CC=C)cc(/C=C2/SC(NC(C)=O)=NC2=O)cc1OC. The summed E-state index contributed by atoms with van der Waals surface area (Å²) in [7, 11) is 1.55. The van der Waals surface area contributed by atoms with E-state index in [1.807, 2.05) is 6.07 Å². The summed E-state index contributed by atoms with van der Waals surface area (Å²) in [5.41, 5.74) is 1.64. The molecule has 2 amide bonds. The second-order valence-electron chi connectivity index (χ2n) is 5.32. The van der Waals surface area contributed by atoms with E-state index in [0.717, 1.165) is 22.9 Å². The molecule has 0 saturated heterocycles. The number of methoxy groups -OCH3 is 1. The van der Waals surface area contributed by atoms with E-state index in [0.29, 0.717) is 29.4 Å². The number of carbonyl (C=O) groups is 2. The number of nitrogens with zero attached hydrogens (tertiary/aromatic N) is 1. The fourth-order valence-electron chi connectivity index (χ4n) is 2.30. The van der Waals surface area contributed by atoms with E-state index in [-0.39, 0.29) is 11.1 Å². The molecule has 6 nitrogen and oxygen atoms in total. The predicted octanol–water partition coefficient (Wildman–Crippen LogP) is 3.09. The Kier molecular flexibility index (Phi) is 6.80. The molecule has 1 aliphatic rings. The van der Waals surface area contributed by atoms with Crippen molar-refractivity contribution in [3.8, 4) is 11.5 Å². The molecule has 26 heavy (non-hydrogen) atoms. The van der Waals surface area contributed by atoms with Gasteiger partial charge in [0.05, 0.1) is 12.0 Å². The van der Waals surface area contributed by atoms with Crippen molar-refractivity contribution >= 4 is 34.8 Å². The minimum atomic E-state index is -0.394. The molecule has 1 aromatic carbocycles. The first-order chi connectivity index (χ1) is 12.5. The minimum Gasteiger partial charge on any atom is -0.493 e. The molecule has 0 fully saturated rings. The van der Waals surface area contributed by atoms with Crippen LogP contribution in [0.4, 0.5) is 0 Å². The van der Waals surface area contributed by atoms with Crippen LogP contribution in [0.5, 0.6) is 11.5 Å². The average Bonchev–Trinajstić information content (AvgIpc) is 2.92. The highest BCUT2D eigenvalue weighted by molar-refractivity contribution is 8.18. The quantitative estimate of drug-likeness (QED) is 0.588. The number of allylic oxidation sites excluding steroid dienone is 1. The number of amidine groups is 1. The van der Waals surface area contributed by atoms with E-state index in [9.17, 15) is 9.59 Å². The van der Waals surface area contributed by atoms with Crippen molar-refractivity contribution in [2.75, 3.05) is 13.7 Å². The maximum atomic E-state index is 12.0. The molecule has 0 atom stereocenters. The molecule has 0 unspecified atom stereocenters. The van der Waals surface area contributed by atoms with Gasteiger partial charge in [-0.1, -0.05) is 18.7 Å². The van der Waals surface area contributed by atoms with Gasteiger partial charge in [-0.05, 0) is 42.0 Å². The third-order valence-electron chi connectivity index (χ3n) is 3.29. The second kappa shape index (κ2) is 9.05. The number of aliphatic imine (C=N–C) groups is 1. The van der Waals surface area contributed by atoms with Gasteiger partial charge in [-0.25, -0.2) is 0 Å². The van der Waals surface area contributed by atoms with Crippen LogP contribution in [0.2, 0.25) is 0 Å². The van der Waals surface area contributed by atoms with Gasteiger partial charge in [0.25, 0.3) is 5.91 Å². The molecule has 0 bridgehead atoms. The zero-order valence-electron chi connectivity index (χ0n) is 14.7. The fourth-order valence-corrected chi connectivity index (χ4v) is 3.16. The molecular formula is C19H20N2O4S. The first kappa shape index (κ1) is 19.5. The molecule has 136 valence electrons. The highest BCUT2D eigenvalue weighted by Crippen LogP contribution is 2.36. The van der Waals surface area contributed by atoms with Crippen LogP contribution in [0.3, 0.4) is 0 Å². The van der Waals surface area contributed by atoms with Crippen LogP contribution < -0.4 is 14.8 Å². The number of hydrogen-bond donors (Lipinski definition) is 1. The first-order valence-corrected chi connectivity index (χ1v) is 8.65. The van der Waals surface area contributed by atoms with Gasteiger partial charge in [-0.15, -0.1) is 6.58 Å². The average molecular weight is 372 g/mol. The smallest absolute Gasteiger partial charge is 0.286 e. The van der Waals surface area contributed by atoms with Crippen LogP contribution in [0, 0.1) is 0 Å². The Bertz CT molecular complexity index is 812. The van der Waals surface area contributed by atoms with Gasteiger partial charge in [0.1, 0.15) is 6.61 Å². The molecule has 2 rings (SSSR count). The van der Waals surface area contributed by atoms with Crippen molar-refractivity contribution in [2.45, 2.75) is 13.3 Å². The Labute approximate surface area is 156 Å². The summed E-state index contributed by atoms with van der Waals surface area (Å²) >= 11 is 1.12. The van der Waals surface area contributed by atoms with Crippen LogP contribution in [0.25, 0.3) is 6.08 Å². The lowest BCUT2D eigenvalue weighted by Crippen LogP contribution is -2.23. The number of thioether (sulfide) groups is 1. The van der Waals surface area contributed by atoms with Crippen molar-refractivity contribution in [3.05, 3.63) is 53.5 Å². The van der Waals surface area contributed by atoms with Crippen LogP contribution in [0.1, 0.15) is 18.1 Å². The van der Waals surface area contributed by atoms with E-state index < -0.39 is 5.91 Å². The van der Waals surface area contributed by atoms with E-state index in [4.69, 9.17) is 9.47 Å². The van der Waals surface area contributed by atoms with Crippen molar-refractivity contribution in [3.63, 3.8) is 0 Å². The highest BCUT2D eigenvalue weighted by Gasteiger charge is 2.23. The predicted molar refractivity (Wildman–Crippen MR) is 104 cm³/mol. The van der Waals surface area contributed by atoms with Gasteiger partial charge in [0.15, 0.2) is 16.7 Å². The van der Waals surface area contributed by atoms with Gasteiger partial charge in [0.2, 0.25) is 5.91 Å². The second-order valence-corrected chi connectivity index (χ2v) is 6.35. The van der Waals surface area contributed by atoms with E-state index in [1.165, 1.54) is 6.92 Å². The number of carbonyl (C=O) groups excluding carboxylic acids is 2. The first-order valence-electron chi connectivity index (χ1n) is 7.84. The van der Waals surface area contributed by atoms with Gasteiger partial charge in [0, 0.05) is 12.5 Å². The summed E-state index contributed by atoms with van der Waals surface area (Å²) in [6, 6.07) is 3.68. The Balaban J connectivity index is 2.36. The third kappa shape index (κ3) is 4.86. The molecule has 1 N–H and O–H groups in total. The lowest BCUT2D eigenvalue weighted by molar-refractivity contribution is -0.117. The Hall–Kier alpha value is -2.80. The molecule has 0 aliphatic carbocycles. The van der Waals surface area contributed by atoms with Crippen molar-refractivity contribution in [2.24, 2.45) is 4.99 Å². The molecular weight excluding hydrogens is 352 g/mol. The monoisotopic (exact) mass is 372 g/mol.